The molecule has 1 fully saturated rings. The van der Waals surface area contributed by atoms with Crippen LogP contribution in [0.15, 0.2) is 41.1 Å². The monoisotopic (exact) mass is 371 g/mol. The molecule has 7 nitrogen and oxygen atoms in total. The third kappa shape index (κ3) is 5.57. The van der Waals surface area contributed by atoms with Gasteiger partial charge < -0.3 is 19.8 Å². The van der Waals surface area contributed by atoms with Crippen molar-refractivity contribution in [2.24, 2.45) is 11.8 Å². The number of carbonyl (C=O) groups is 2. The number of ether oxygens (including phenoxy) is 1. The fourth-order valence-corrected chi connectivity index (χ4v) is 2.54. The van der Waals surface area contributed by atoms with Crippen molar-refractivity contribution in [2.45, 2.75) is 39.3 Å². The number of aromatic nitrogens is 1. The lowest BCUT2D eigenvalue weighted by molar-refractivity contribution is -0.124. The summed E-state index contributed by atoms with van der Waals surface area (Å²) >= 11 is 0. The molecule has 2 aromatic rings. The maximum atomic E-state index is 12.5. The van der Waals surface area contributed by atoms with Crippen LogP contribution in [0.25, 0.3) is 0 Å². The Hall–Kier alpha value is -2.83. The van der Waals surface area contributed by atoms with Gasteiger partial charge in [-0.25, -0.2) is 4.98 Å². The number of carbonyl (C=O) groups excluding carboxylic acids is 2. The van der Waals surface area contributed by atoms with Gasteiger partial charge in [0.1, 0.15) is 6.04 Å². The minimum absolute atomic E-state index is 0.0692. The molecule has 2 heterocycles. The van der Waals surface area contributed by atoms with Crippen LogP contribution in [0, 0.1) is 11.8 Å². The summed E-state index contributed by atoms with van der Waals surface area (Å²) in [6, 6.07) is 6.22. The molecule has 0 saturated heterocycles. The first kappa shape index (κ1) is 18.9. The second kappa shape index (κ2) is 8.70. The van der Waals surface area contributed by atoms with Crippen molar-refractivity contribution >= 4 is 11.8 Å². The Morgan fingerprint density at radius 3 is 2.70 bits per heavy atom. The highest BCUT2D eigenvalue weighted by molar-refractivity contribution is 5.95. The fourth-order valence-electron chi connectivity index (χ4n) is 2.54. The number of hydrogen-bond donors (Lipinski definition) is 2. The third-order valence-corrected chi connectivity index (χ3v) is 4.41. The first-order chi connectivity index (χ1) is 13.0. The Bertz CT molecular complexity index is 752. The fraction of sp³-hybridized carbons (Fsp3) is 0.450. The van der Waals surface area contributed by atoms with Gasteiger partial charge in [-0.3, -0.25) is 9.59 Å². The Labute approximate surface area is 158 Å². The summed E-state index contributed by atoms with van der Waals surface area (Å²) in [4.78, 5) is 28.9. The van der Waals surface area contributed by atoms with Crippen molar-refractivity contribution in [2.75, 3.05) is 6.61 Å². The molecule has 0 aliphatic heterocycles. The molecule has 2 amide bonds. The van der Waals surface area contributed by atoms with Gasteiger partial charge in [0.05, 0.1) is 12.9 Å². The zero-order valence-corrected chi connectivity index (χ0v) is 15.6. The summed E-state index contributed by atoms with van der Waals surface area (Å²) in [5, 5.41) is 5.56. The number of hydrogen-bond acceptors (Lipinski definition) is 5. The van der Waals surface area contributed by atoms with Crippen LogP contribution in [-0.2, 0) is 11.3 Å². The van der Waals surface area contributed by atoms with Crippen molar-refractivity contribution in [3.8, 4) is 5.88 Å². The molecule has 0 aromatic carbocycles. The molecule has 0 spiro atoms. The Kier molecular flexibility index (Phi) is 6.11. The summed E-state index contributed by atoms with van der Waals surface area (Å²) in [6.07, 6.45) is 5.58. The Morgan fingerprint density at radius 2 is 2.11 bits per heavy atom. The number of furan rings is 1. The number of rotatable bonds is 9. The highest BCUT2D eigenvalue weighted by Gasteiger charge is 2.25. The largest absolute Gasteiger partial charge is 0.477 e. The van der Waals surface area contributed by atoms with Crippen LogP contribution in [0.5, 0.6) is 5.88 Å². The zero-order chi connectivity index (χ0) is 19.2. The smallest absolute Gasteiger partial charge is 0.287 e. The molecule has 1 aliphatic carbocycles. The lowest BCUT2D eigenvalue weighted by atomic mass is 10.0. The average molecular weight is 371 g/mol. The van der Waals surface area contributed by atoms with Gasteiger partial charge in [0, 0.05) is 18.8 Å². The van der Waals surface area contributed by atoms with E-state index in [0.717, 1.165) is 5.56 Å². The van der Waals surface area contributed by atoms with Crippen LogP contribution in [0.1, 0.15) is 42.8 Å². The predicted octanol–water partition coefficient (Wildman–Crippen LogP) is 2.53. The molecule has 0 bridgehead atoms. The Morgan fingerprint density at radius 1 is 1.30 bits per heavy atom. The first-order valence-electron chi connectivity index (χ1n) is 9.22. The lowest BCUT2D eigenvalue weighted by Gasteiger charge is -2.21. The second-order valence-electron chi connectivity index (χ2n) is 7.15. The molecule has 1 aliphatic rings. The van der Waals surface area contributed by atoms with Gasteiger partial charge in [0.25, 0.3) is 5.91 Å². The van der Waals surface area contributed by atoms with Gasteiger partial charge in [-0.1, -0.05) is 19.9 Å². The topological polar surface area (TPSA) is 93.5 Å². The highest BCUT2D eigenvalue weighted by Crippen LogP contribution is 2.29. The number of nitrogens with zero attached hydrogens (tertiary/aromatic N) is 1. The van der Waals surface area contributed by atoms with Crippen molar-refractivity contribution < 1.29 is 18.7 Å². The minimum Gasteiger partial charge on any atom is -0.477 e. The Balaban J connectivity index is 1.50. The van der Waals surface area contributed by atoms with Crippen LogP contribution >= 0.6 is 0 Å². The molecule has 2 N–H and O–H groups in total. The average Bonchev–Trinajstić information content (AvgIpc) is 3.33. The summed E-state index contributed by atoms with van der Waals surface area (Å²) < 4.78 is 10.7. The summed E-state index contributed by atoms with van der Waals surface area (Å²) in [7, 11) is 0. The van der Waals surface area contributed by atoms with E-state index in [0.29, 0.717) is 24.9 Å². The van der Waals surface area contributed by atoms with Crippen molar-refractivity contribution in [1.29, 1.82) is 0 Å². The number of nitrogens with one attached hydrogen (secondary N) is 2. The SMILES string of the molecule is CC(C)[C@@H](NC(=O)c1ccco1)C(=O)NCc1ccc(OCC2CC2)nc1. The van der Waals surface area contributed by atoms with E-state index >= 15 is 0 Å². The van der Waals surface area contributed by atoms with Crippen molar-refractivity contribution in [1.82, 2.24) is 15.6 Å². The standard InChI is InChI=1S/C20H25N3O4/c1-13(2)18(23-19(24)16-4-3-9-26-16)20(25)22-11-15-7-8-17(21-10-15)27-12-14-5-6-14/h3-4,7-10,13-14,18H,5-6,11-12H2,1-2H3,(H,22,25)(H,23,24)/t18-/m1/s1. The normalized spacial score (nSPS) is 14.6. The van der Waals surface area contributed by atoms with Crippen LogP contribution in [-0.4, -0.2) is 29.4 Å². The lowest BCUT2D eigenvalue weighted by Crippen LogP contribution is -2.49. The zero-order valence-electron chi connectivity index (χ0n) is 15.6. The minimum atomic E-state index is -0.656. The van der Waals surface area contributed by atoms with E-state index in [1.165, 1.54) is 19.1 Å². The summed E-state index contributed by atoms with van der Waals surface area (Å²) in [5.74, 6) is 0.726. The first-order valence-corrected chi connectivity index (χ1v) is 9.22. The summed E-state index contributed by atoms with van der Waals surface area (Å²) in [5.41, 5.74) is 0.863. The van der Waals surface area contributed by atoms with Crippen molar-refractivity contribution in [3.63, 3.8) is 0 Å². The number of amides is 2. The maximum Gasteiger partial charge on any atom is 0.287 e. The van der Waals surface area contributed by atoms with E-state index in [9.17, 15) is 9.59 Å². The van der Waals surface area contributed by atoms with Gasteiger partial charge in [0.15, 0.2) is 5.76 Å². The molecule has 144 valence electrons. The van der Waals surface area contributed by atoms with Crippen LogP contribution < -0.4 is 15.4 Å². The molecule has 3 rings (SSSR count). The van der Waals surface area contributed by atoms with E-state index in [1.807, 2.05) is 26.0 Å². The van der Waals surface area contributed by atoms with Gasteiger partial charge >= 0.3 is 0 Å². The van der Waals surface area contributed by atoms with E-state index in [2.05, 4.69) is 15.6 Å². The van der Waals surface area contributed by atoms with E-state index < -0.39 is 11.9 Å². The third-order valence-electron chi connectivity index (χ3n) is 4.41. The molecule has 1 atom stereocenters. The molecule has 0 unspecified atom stereocenters. The van der Waals surface area contributed by atoms with Crippen LogP contribution in [0.2, 0.25) is 0 Å². The number of pyridine rings is 1. The molecule has 27 heavy (non-hydrogen) atoms. The van der Waals surface area contributed by atoms with E-state index in [-0.39, 0.29) is 17.6 Å². The van der Waals surface area contributed by atoms with Gasteiger partial charge in [-0.15, -0.1) is 0 Å². The quantitative estimate of drug-likeness (QED) is 0.706. The molecule has 7 heteroatoms. The van der Waals surface area contributed by atoms with Crippen LogP contribution in [0.4, 0.5) is 0 Å². The molecule has 2 aromatic heterocycles. The molecule has 0 radical (unpaired) electrons. The molecular formula is C20H25N3O4. The van der Waals surface area contributed by atoms with E-state index in [4.69, 9.17) is 9.15 Å². The van der Waals surface area contributed by atoms with Gasteiger partial charge in [-0.05, 0) is 42.4 Å². The maximum absolute atomic E-state index is 12.5. The molecule has 1 saturated carbocycles. The summed E-state index contributed by atoms with van der Waals surface area (Å²) in [6.45, 7) is 4.80. The van der Waals surface area contributed by atoms with Crippen molar-refractivity contribution in [3.05, 3.63) is 48.0 Å². The van der Waals surface area contributed by atoms with E-state index in [1.54, 1.807) is 18.3 Å². The van der Waals surface area contributed by atoms with Gasteiger partial charge in [-0.2, -0.15) is 0 Å². The second-order valence-corrected chi connectivity index (χ2v) is 7.15. The highest BCUT2D eigenvalue weighted by atomic mass is 16.5. The van der Waals surface area contributed by atoms with Crippen LogP contribution in [0.3, 0.4) is 0 Å². The van der Waals surface area contributed by atoms with Gasteiger partial charge in [0.2, 0.25) is 11.8 Å². The molecular weight excluding hydrogens is 346 g/mol. The predicted molar refractivity (Wildman–Crippen MR) is 99.1 cm³/mol.